The number of rotatable bonds is 5. The van der Waals surface area contributed by atoms with Crippen LogP contribution in [0.15, 0.2) is 36.8 Å². The lowest BCUT2D eigenvalue weighted by molar-refractivity contribution is -0.124. The van der Waals surface area contributed by atoms with Gasteiger partial charge in [-0.25, -0.2) is 4.98 Å². The van der Waals surface area contributed by atoms with Crippen molar-refractivity contribution in [1.82, 2.24) is 29.8 Å². The van der Waals surface area contributed by atoms with Crippen LogP contribution in [0.1, 0.15) is 22.9 Å². The third kappa shape index (κ3) is 3.10. The summed E-state index contributed by atoms with van der Waals surface area (Å²) >= 11 is 0. The average Bonchev–Trinajstić information content (AvgIpc) is 3.34. The molecular formula is C19H24N6O. The van der Waals surface area contributed by atoms with E-state index in [0.29, 0.717) is 13.1 Å². The fourth-order valence-corrected chi connectivity index (χ4v) is 3.71. The van der Waals surface area contributed by atoms with E-state index in [1.807, 2.05) is 52.9 Å². The van der Waals surface area contributed by atoms with E-state index in [-0.39, 0.29) is 17.7 Å². The number of carbonyl (C=O) groups excluding carboxylic acids is 1. The number of fused-ring (bicyclic) bond motifs is 1. The molecule has 0 aromatic carbocycles. The molecule has 3 aromatic rings. The maximum Gasteiger partial charge on any atom is 0.225 e. The van der Waals surface area contributed by atoms with Crippen molar-refractivity contribution in [2.75, 3.05) is 19.6 Å². The second-order valence-corrected chi connectivity index (χ2v) is 6.92. The number of imidazole rings is 1. The van der Waals surface area contributed by atoms with Crippen LogP contribution in [0.4, 0.5) is 0 Å². The predicted molar refractivity (Wildman–Crippen MR) is 99.0 cm³/mol. The van der Waals surface area contributed by atoms with Gasteiger partial charge in [0, 0.05) is 57.1 Å². The summed E-state index contributed by atoms with van der Waals surface area (Å²) in [6.45, 7) is 4.17. The molecule has 1 aliphatic rings. The zero-order valence-electron chi connectivity index (χ0n) is 15.1. The first-order chi connectivity index (χ1) is 12.6. The van der Waals surface area contributed by atoms with Crippen LogP contribution in [-0.2, 0) is 18.3 Å². The zero-order chi connectivity index (χ0) is 18.1. The van der Waals surface area contributed by atoms with Crippen molar-refractivity contribution in [3.8, 4) is 0 Å². The fraction of sp³-hybridized carbons (Fsp3) is 0.421. The maximum atomic E-state index is 12.7. The number of hydrogen-bond donors (Lipinski definition) is 2. The Bertz CT molecular complexity index is 894. The minimum atomic E-state index is -0.0565. The van der Waals surface area contributed by atoms with Gasteiger partial charge in [-0.05, 0) is 24.6 Å². The van der Waals surface area contributed by atoms with Crippen LogP contribution in [0.2, 0.25) is 0 Å². The summed E-state index contributed by atoms with van der Waals surface area (Å²) in [4.78, 5) is 17.3. The number of aryl methyl sites for hydroxylation is 1. The van der Waals surface area contributed by atoms with Crippen molar-refractivity contribution in [2.24, 2.45) is 13.0 Å². The van der Waals surface area contributed by atoms with Crippen LogP contribution >= 0.6 is 0 Å². The van der Waals surface area contributed by atoms with Crippen LogP contribution in [0.5, 0.6) is 0 Å². The molecule has 0 saturated carbocycles. The van der Waals surface area contributed by atoms with Crippen molar-refractivity contribution >= 4 is 11.6 Å². The smallest absolute Gasteiger partial charge is 0.225 e. The topological polar surface area (TPSA) is 76.2 Å². The predicted octanol–water partition coefficient (Wildman–Crippen LogP) is 1.04. The lowest BCUT2D eigenvalue weighted by Gasteiger charge is -2.18. The van der Waals surface area contributed by atoms with E-state index in [4.69, 9.17) is 0 Å². The minimum Gasteiger partial charge on any atom is -0.355 e. The summed E-state index contributed by atoms with van der Waals surface area (Å²) in [6.07, 6.45) is 6.62. The molecule has 4 heterocycles. The second kappa shape index (κ2) is 6.92. The number of aromatic nitrogens is 4. The molecule has 1 aliphatic heterocycles. The molecule has 7 nitrogen and oxygen atoms in total. The SMILES string of the molecule is Cc1c([C@H]2CNC[C@@H]2C(=O)NCCc2cn3ccccc3n2)cnn1C. The fourth-order valence-electron chi connectivity index (χ4n) is 3.71. The van der Waals surface area contributed by atoms with Gasteiger partial charge in [-0.15, -0.1) is 0 Å². The molecule has 0 bridgehead atoms. The molecule has 2 atom stereocenters. The summed E-state index contributed by atoms with van der Waals surface area (Å²) < 4.78 is 3.87. The average molecular weight is 352 g/mol. The lowest BCUT2D eigenvalue weighted by atomic mass is 9.88. The number of nitrogens with one attached hydrogen (secondary N) is 2. The maximum absolute atomic E-state index is 12.7. The first kappa shape index (κ1) is 16.8. The van der Waals surface area contributed by atoms with Gasteiger partial charge in [0.2, 0.25) is 5.91 Å². The third-order valence-corrected chi connectivity index (χ3v) is 5.32. The van der Waals surface area contributed by atoms with E-state index in [2.05, 4.69) is 27.6 Å². The largest absolute Gasteiger partial charge is 0.355 e. The molecule has 7 heteroatoms. The Labute approximate surface area is 152 Å². The van der Waals surface area contributed by atoms with E-state index < -0.39 is 0 Å². The third-order valence-electron chi connectivity index (χ3n) is 5.32. The monoisotopic (exact) mass is 352 g/mol. The minimum absolute atomic E-state index is 0.0565. The van der Waals surface area contributed by atoms with Crippen LogP contribution in [0.3, 0.4) is 0 Å². The molecule has 1 amide bonds. The molecule has 0 radical (unpaired) electrons. The zero-order valence-corrected chi connectivity index (χ0v) is 15.1. The molecule has 0 spiro atoms. The molecule has 1 fully saturated rings. The summed E-state index contributed by atoms with van der Waals surface area (Å²) in [5, 5.41) is 10.8. The van der Waals surface area contributed by atoms with Crippen molar-refractivity contribution in [1.29, 1.82) is 0 Å². The van der Waals surface area contributed by atoms with E-state index >= 15 is 0 Å². The van der Waals surface area contributed by atoms with Gasteiger partial charge in [0.25, 0.3) is 0 Å². The lowest BCUT2D eigenvalue weighted by Crippen LogP contribution is -2.35. The second-order valence-electron chi connectivity index (χ2n) is 6.92. The Hall–Kier alpha value is -2.67. The van der Waals surface area contributed by atoms with Crippen LogP contribution in [0, 0.1) is 12.8 Å². The molecule has 2 N–H and O–H groups in total. The van der Waals surface area contributed by atoms with Gasteiger partial charge >= 0.3 is 0 Å². The Kier molecular flexibility index (Phi) is 4.46. The van der Waals surface area contributed by atoms with Crippen LogP contribution < -0.4 is 10.6 Å². The summed E-state index contributed by atoms with van der Waals surface area (Å²) in [6, 6.07) is 5.93. The highest BCUT2D eigenvalue weighted by molar-refractivity contribution is 5.80. The van der Waals surface area contributed by atoms with Gasteiger partial charge in [-0.1, -0.05) is 6.07 Å². The van der Waals surface area contributed by atoms with Crippen LogP contribution in [0.25, 0.3) is 5.65 Å². The molecule has 136 valence electrons. The summed E-state index contributed by atoms with van der Waals surface area (Å²) in [7, 11) is 1.94. The van der Waals surface area contributed by atoms with Crippen molar-refractivity contribution < 1.29 is 4.79 Å². The number of pyridine rings is 1. The first-order valence-electron chi connectivity index (χ1n) is 9.03. The Balaban J connectivity index is 1.37. The highest BCUT2D eigenvalue weighted by Gasteiger charge is 2.35. The molecule has 0 unspecified atom stereocenters. The molecule has 3 aromatic heterocycles. The van der Waals surface area contributed by atoms with Crippen molar-refractivity contribution in [2.45, 2.75) is 19.3 Å². The summed E-state index contributed by atoms with van der Waals surface area (Å²) in [5.74, 6) is 0.227. The Morgan fingerprint density at radius 1 is 1.38 bits per heavy atom. The van der Waals surface area contributed by atoms with E-state index in [0.717, 1.165) is 35.6 Å². The van der Waals surface area contributed by atoms with E-state index in [1.54, 1.807) is 0 Å². The van der Waals surface area contributed by atoms with Gasteiger partial charge in [-0.2, -0.15) is 5.10 Å². The van der Waals surface area contributed by atoms with Gasteiger partial charge in [0.15, 0.2) is 0 Å². The Morgan fingerprint density at radius 3 is 3.04 bits per heavy atom. The van der Waals surface area contributed by atoms with Crippen LogP contribution in [-0.4, -0.2) is 44.7 Å². The highest BCUT2D eigenvalue weighted by atomic mass is 16.1. The highest BCUT2D eigenvalue weighted by Crippen LogP contribution is 2.30. The number of nitrogens with zero attached hydrogens (tertiary/aromatic N) is 4. The molecule has 4 rings (SSSR count). The van der Waals surface area contributed by atoms with Crippen molar-refractivity contribution in [3.05, 3.63) is 53.7 Å². The van der Waals surface area contributed by atoms with Gasteiger partial charge < -0.3 is 15.0 Å². The molecule has 0 aliphatic carbocycles. The molecule has 1 saturated heterocycles. The van der Waals surface area contributed by atoms with Gasteiger partial charge in [0.05, 0.1) is 17.8 Å². The Morgan fingerprint density at radius 2 is 2.27 bits per heavy atom. The normalized spacial score (nSPS) is 19.9. The number of amides is 1. The van der Waals surface area contributed by atoms with E-state index in [1.165, 1.54) is 0 Å². The molecular weight excluding hydrogens is 328 g/mol. The van der Waals surface area contributed by atoms with E-state index in [9.17, 15) is 4.79 Å². The quantitative estimate of drug-likeness (QED) is 0.719. The summed E-state index contributed by atoms with van der Waals surface area (Å²) in [5.41, 5.74) is 4.21. The first-order valence-corrected chi connectivity index (χ1v) is 9.03. The number of hydrogen-bond acceptors (Lipinski definition) is 4. The van der Waals surface area contributed by atoms with Gasteiger partial charge in [-0.3, -0.25) is 9.48 Å². The molecule has 26 heavy (non-hydrogen) atoms. The number of carbonyl (C=O) groups is 1. The van der Waals surface area contributed by atoms with Gasteiger partial charge in [0.1, 0.15) is 5.65 Å². The van der Waals surface area contributed by atoms with Crippen molar-refractivity contribution in [3.63, 3.8) is 0 Å². The standard InChI is InChI=1S/C19H24N6O/c1-13-15(11-22-24(13)2)16-9-20-10-17(16)19(26)21-7-6-14-12-25-8-4-3-5-18(25)23-14/h3-5,8,11-12,16-17,20H,6-7,9-10H2,1-2H3,(H,21,26)/t16-,17+/m1/s1.